The van der Waals surface area contributed by atoms with E-state index >= 15 is 0 Å². The topological polar surface area (TPSA) is 112 Å². The van der Waals surface area contributed by atoms with Crippen LogP contribution in [-0.2, 0) is 16.3 Å². The zero-order valence-electron chi connectivity index (χ0n) is 12.0. The summed E-state index contributed by atoms with van der Waals surface area (Å²) in [5.41, 5.74) is 7.75. The number of hydrogen-bond acceptors (Lipinski definition) is 7. The first-order valence-corrected chi connectivity index (χ1v) is 8.67. The number of pyridine rings is 1. The van der Waals surface area contributed by atoms with Gasteiger partial charge in [0.2, 0.25) is 11.7 Å². The summed E-state index contributed by atoms with van der Waals surface area (Å²) < 4.78 is 27.4. The fraction of sp³-hybridized carbons (Fsp3) is 0.462. The molecular weight excluding hydrogens is 292 g/mol. The highest BCUT2D eigenvalue weighted by atomic mass is 32.2. The molecule has 114 valence electrons. The van der Waals surface area contributed by atoms with Gasteiger partial charge >= 0.3 is 0 Å². The van der Waals surface area contributed by atoms with Crippen molar-refractivity contribution in [2.75, 3.05) is 12.0 Å². The molecule has 0 fully saturated rings. The second kappa shape index (κ2) is 6.31. The summed E-state index contributed by atoms with van der Waals surface area (Å²) in [5.74, 6) is 0.674. The zero-order valence-corrected chi connectivity index (χ0v) is 12.8. The molecule has 2 heterocycles. The molecule has 0 aliphatic carbocycles. The first-order valence-electron chi connectivity index (χ1n) is 6.61. The van der Waals surface area contributed by atoms with E-state index in [1.54, 1.807) is 12.4 Å². The summed E-state index contributed by atoms with van der Waals surface area (Å²) in [6, 6.07) is 1.23. The first kappa shape index (κ1) is 15.6. The van der Waals surface area contributed by atoms with E-state index in [2.05, 4.69) is 15.1 Å². The lowest BCUT2D eigenvalue weighted by molar-refractivity contribution is 0.352. The number of nitrogens with two attached hydrogens (primary N) is 1. The van der Waals surface area contributed by atoms with E-state index < -0.39 is 15.9 Å². The average molecular weight is 310 g/mol. The molecule has 0 saturated heterocycles. The van der Waals surface area contributed by atoms with E-state index in [9.17, 15) is 8.42 Å². The minimum Gasteiger partial charge on any atom is -0.337 e. The Morgan fingerprint density at radius 2 is 2.19 bits per heavy atom. The van der Waals surface area contributed by atoms with Crippen molar-refractivity contribution < 1.29 is 12.9 Å². The van der Waals surface area contributed by atoms with Gasteiger partial charge in [-0.2, -0.15) is 4.98 Å². The second-order valence-corrected chi connectivity index (χ2v) is 7.13. The van der Waals surface area contributed by atoms with Gasteiger partial charge in [-0.15, -0.1) is 0 Å². The molecule has 0 spiro atoms. The Bertz CT molecular complexity index is 712. The Morgan fingerprint density at radius 1 is 1.43 bits per heavy atom. The molecule has 2 N–H and O–H groups in total. The van der Waals surface area contributed by atoms with Crippen LogP contribution in [0.1, 0.15) is 30.8 Å². The zero-order chi connectivity index (χ0) is 15.5. The Kier molecular flexibility index (Phi) is 4.69. The Balaban J connectivity index is 2.18. The molecule has 8 heteroatoms. The molecule has 0 aliphatic heterocycles. The fourth-order valence-corrected chi connectivity index (χ4v) is 2.57. The molecule has 1 atom stereocenters. The van der Waals surface area contributed by atoms with Gasteiger partial charge in [-0.05, 0) is 24.5 Å². The van der Waals surface area contributed by atoms with E-state index in [0.29, 0.717) is 5.82 Å². The van der Waals surface area contributed by atoms with Gasteiger partial charge in [-0.3, -0.25) is 4.98 Å². The maximum Gasteiger partial charge on any atom is 0.243 e. The van der Waals surface area contributed by atoms with Gasteiger partial charge in [-0.1, -0.05) is 12.1 Å². The first-order chi connectivity index (χ1) is 9.90. The summed E-state index contributed by atoms with van der Waals surface area (Å²) in [6.07, 6.45) is 5.64. The van der Waals surface area contributed by atoms with Crippen LogP contribution in [0.3, 0.4) is 0 Å². The molecule has 1 unspecified atom stereocenters. The van der Waals surface area contributed by atoms with Crippen molar-refractivity contribution in [1.82, 2.24) is 15.1 Å². The molecule has 0 radical (unpaired) electrons. The van der Waals surface area contributed by atoms with Crippen LogP contribution in [0.25, 0.3) is 11.4 Å². The van der Waals surface area contributed by atoms with Crippen LogP contribution in [0.15, 0.2) is 23.0 Å². The van der Waals surface area contributed by atoms with Crippen LogP contribution in [0, 0.1) is 0 Å². The highest BCUT2D eigenvalue weighted by Gasteiger charge is 2.18. The summed E-state index contributed by atoms with van der Waals surface area (Å²) in [7, 11) is -3.06. The smallest absolute Gasteiger partial charge is 0.243 e. The van der Waals surface area contributed by atoms with Gasteiger partial charge < -0.3 is 10.3 Å². The third kappa shape index (κ3) is 4.08. The summed E-state index contributed by atoms with van der Waals surface area (Å²) in [5, 5.41) is 3.92. The second-order valence-electron chi connectivity index (χ2n) is 4.87. The van der Waals surface area contributed by atoms with Gasteiger partial charge in [0, 0.05) is 24.2 Å². The predicted molar refractivity (Wildman–Crippen MR) is 78.2 cm³/mol. The average Bonchev–Trinajstić information content (AvgIpc) is 2.93. The summed E-state index contributed by atoms with van der Waals surface area (Å²) in [6.45, 7) is 2.01. The largest absolute Gasteiger partial charge is 0.337 e. The Labute approximate surface area is 123 Å². The van der Waals surface area contributed by atoms with Crippen LogP contribution in [0.4, 0.5) is 0 Å². The van der Waals surface area contributed by atoms with Crippen LogP contribution in [0.2, 0.25) is 0 Å². The maximum atomic E-state index is 11.1. The number of sulfone groups is 1. The molecule has 0 aliphatic rings. The fourth-order valence-electron chi connectivity index (χ4n) is 1.89. The number of nitrogens with zero attached hydrogens (tertiary/aromatic N) is 3. The van der Waals surface area contributed by atoms with Gasteiger partial charge in [0.15, 0.2) is 0 Å². The number of aryl methyl sites for hydroxylation is 1. The third-order valence-electron chi connectivity index (χ3n) is 3.08. The Hall–Kier alpha value is -1.80. The van der Waals surface area contributed by atoms with Crippen LogP contribution >= 0.6 is 0 Å². The quantitative estimate of drug-likeness (QED) is 0.851. The SMILES string of the molecule is CCc1cnccc1-c1noc(C(N)CCS(C)(=O)=O)n1. The van der Waals surface area contributed by atoms with E-state index in [-0.39, 0.29) is 18.1 Å². The standard InChI is InChI=1S/C13H18N4O3S/c1-3-9-8-15-6-4-10(9)12-16-13(20-17-12)11(14)5-7-21(2,18)19/h4,6,8,11H,3,5,7,14H2,1-2H3. The van der Waals surface area contributed by atoms with Gasteiger partial charge in [-0.25, -0.2) is 8.42 Å². The predicted octanol–water partition coefficient (Wildman–Crippen LogP) is 1.13. The summed E-state index contributed by atoms with van der Waals surface area (Å²) in [4.78, 5) is 8.33. The molecule has 0 bridgehead atoms. The summed E-state index contributed by atoms with van der Waals surface area (Å²) >= 11 is 0. The van der Waals surface area contributed by atoms with Crippen LogP contribution in [0.5, 0.6) is 0 Å². The van der Waals surface area contributed by atoms with Crippen molar-refractivity contribution >= 4 is 9.84 Å². The molecule has 0 amide bonds. The maximum absolute atomic E-state index is 11.1. The van der Waals surface area contributed by atoms with Crippen molar-refractivity contribution in [3.63, 3.8) is 0 Å². The van der Waals surface area contributed by atoms with Crippen LogP contribution in [-0.4, -0.2) is 35.6 Å². The van der Waals surface area contributed by atoms with Gasteiger partial charge in [0.1, 0.15) is 9.84 Å². The highest BCUT2D eigenvalue weighted by Crippen LogP contribution is 2.22. The minimum absolute atomic E-state index is 0.0126. The lowest BCUT2D eigenvalue weighted by Crippen LogP contribution is -2.16. The molecule has 0 aromatic carbocycles. The van der Waals surface area contributed by atoms with Crippen molar-refractivity contribution in [2.45, 2.75) is 25.8 Å². The van der Waals surface area contributed by atoms with E-state index in [0.717, 1.165) is 17.5 Å². The number of aromatic nitrogens is 3. The molecule has 2 aromatic rings. The molecule has 0 saturated carbocycles. The molecule has 21 heavy (non-hydrogen) atoms. The van der Waals surface area contributed by atoms with Crippen LogP contribution < -0.4 is 5.73 Å². The molecule has 7 nitrogen and oxygen atoms in total. The lowest BCUT2D eigenvalue weighted by atomic mass is 10.1. The van der Waals surface area contributed by atoms with E-state index in [1.807, 2.05) is 13.0 Å². The molecular formula is C13H18N4O3S. The number of hydrogen-bond donors (Lipinski definition) is 1. The van der Waals surface area contributed by atoms with Crippen molar-refractivity contribution in [2.24, 2.45) is 5.73 Å². The lowest BCUT2D eigenvalue weighted by Gasteiger charge is -2.04. The molecule has 2 aromatic heterocycles. The van der Waals surface area contributed by atoms with E-state index in [1.165, 1.54) is 6.26 Å². The van der Waals surface area contributed by atoms with E-state index in [4.69, 9.17) is 10.3 Å². The highest BCUT2D eigenvalue weighted by molar-refractivity contribution is 7.90. The van der Waals surface area contributed by atoms with Crippen molar-refractivity contribution in [1.29, 1.82) is 0 Å². The van der Waals surface area contributed by atoms with Gasteiger partial charge in [0.25, 0.3) is 0 Å². The minimum atomic E-state index is -3.06. The number of rotatable bonds is 6. The van der Waals surface area contributed by atoms with Crippen molar-refractivity contribution in [3.05, 3.63) is 29.9 Å². The van der Waals surface area contributed by atoms with Gasteiger partial charge in [0.05, 0.1) is 11.8 Å². The molecule has 2 rings (SSSR count). The van der Waals surface area contributed by atoms with Crippen molar-refractivity contribution in [3.8, 4) is 11.4 Å². The monoisotopic (exact) mass is 310 g/mol. The normalized spacial score (nSPS) is 13.3. The third-order valence-corrected chi connectivity index (χ3v) is 4.06. The Morgan fingerprint density at radius 3 is 2.86 bits per heavy atom.